The van der Waals surface area contributed by atoms with E-state index in [0.717, 1.165) is 18.7 Å². The van der Waals surface area contributed by atoms with Crippen molar-refractivity contribution in [1.29, 1.82) is 5.41 Å². The van der Waals surface area contributed by atoms with Crippen molar-refractivity contribution in [2.75, 3.05) is 18.1 Å². The van der Waals surface area contributed by atoms with E-state index in [9.17, 15) is 0 Å². The number of hydrogen-bond donors (Lipinski definition) is 2. The molecule has 1 unspecified atom stereocenters. The van der Waals surface area contributed by atoms with Crippen molar-refractivity contribution >= 4 is 22.8 Å². The molecule has 5 heteroatoms. The van der Waals surface area contributed by atoms with E-state index in [1.165, 1.54) is 5.69 Å². The van der Waals surface area contributed by atoms with Crippen LogP contribution in [-0.2, 0) is 4.74 Å². The van der Waals surface area contributed by atoms with Gasteiger partial charge in [-0.05, 0) is 64.5 Å². The van der Waals surface area contributed by atoms with E-state index in [0.29, 0.717) is 36.2 Å². The highest BCUT2D eigenvalue weighted by atomic mass is 16.5. The molecule has 5 nitrogen and oxygen atoms in total. The van der Waals surface area contributed by atoms with Crippen molar-refractivity contribution < 1.29 is 4.74 Å². The Balaban J connectivity index is 2.24. The number of aliphatic imine (C=N–C) groups is 1. The van der Waals surface area contributed by atoms with Crippen LogP contribution in [0.15, 0.2) is 41.0 Å². The number of benzene rings is 1. The van der Waals surface area contributed by atoms with Crippen LogP contribution in [0.4, 0.5) is 11.4 Å². The van der Waals surface area contributed by atoms with Gasteiger partial charge in [0.1, 0.15) is 5.60 Å². The number of hydrogen-bond acceptors (Lipinski definition) is 5. The molecule has 1 aliphatic carbocycles. The average Bonchev–Trinajstić information content (AvgIpc) is 2.60. The zero-order chi connectivity index (χ0) is 19.3. The molecule has 1 aromatic carbocycles. The molecular weight excluding hydrogens is 324 g/mol. The van der Waals surface area contributed by atoms with Gasteiger partial charge in [0.05, 0.1) is 17.1 Å². The average molecular weight is 357 g/mol. The van der Waals surface area contributed by atoms with Gasteiger partial charge < -0.3 is 15.4 Å². The van der Waals surface area contributed by atoms with Gasteiger partial charge in [-0.25, -0.2) is 0 Å². The van der Waals surface area contributed by atoms with Gasteiger partial charge in [0, 0.05) is 37.0 Å². The van der Waals surface area contributed by atoms with Gasteiger partial charge in [-0.15, -0.1) is 0 Å². The molecule has 0 saturated carbocycles. The molecule has 0 bridgehead atoms. The standard InChI is InChI=1S/C21H32N4O/c1-6-12-26-21(5)14-19(18(22)13-20(21)23)24-16-8-10-17(11-9-16)25(7-2)15(3)4/h8-11,13,15,22H,6-7,12,14,23H2,1-5H3. The molecule has 2 rings (SSSR count). The topological polar surface area (TPSA) is 74.7 Å². The lowest BCUT2D eigenvalue weighted by Gasteiger charge is -2.34. The zero-order valence-electron chi connectivity index (χ0n) is 16.7. The summed E-state index contributed by atoms with van der Waals surface area (Å²) in [6.07, 6.45) is 3.12. The van der Waals surface area contributed by atoms with Crippen LogP contribution >= 0.6 is 0 Å². The van der Waals surface area contributed by atoms with Crippen molar-refractivity contribution in [2.45, 2.75) is 59.1 Å². The fraction of sp³-hybridized carbons (Fsp3) is 0.524. The maximum Gasteiger partial charge on any atom is 0.110 e. The Hall–Kier alpha value is -2.14. The first-order valence-corrected chi connectivity index (χ1v) is 9.45. The Kier molecular flexibility index (Phi) is 6.59. The lowest BCUT2D eigenvalue weighted by atomic mass is 9.86. The van der Waals surface area contributed by atoms with E-state index >= 15 is 0 Å². The predicted octanol–water partition coefficient (Wildman–Crippen LogP) is 4.45. The fourth-order valence-electron chi connectivity index (χ4n) is 3.19. The van der Waals surface area contributed by atoms with E-state index < -0.39 is 5.60 Å². The third-order valence-corrected chi connectivity index (χ3v) is 4.76. The van der Waals surface area contributed by atoms with E-state index in [1.807, 2.05) is 19.1 Å². The molecule has 0 spiro atoms. The number of allylic oxidation sites excluding steroid dienone is 1. The van der Waals surface area contributed by atoms with E-state index in [-0.39, 0.29) is 0 Å². The Morgan fingerprint density at radius 3 is 2.46 bits per heavy atom. The first-order chi connectivity index (χ1) is 12.3. The largest absolute Gasteiger partial charge is 0.400 e. The van der Waals surface area contributed by atoms with Crippen LogP contribution in [0, 0.1) is 5.41 Å². The van der Waals surface area contributed by atoms with Crippen molar-refractivity contribution in [2.24, 2.45) is 10.7 Å². The molecule has 1 atom stereocenters. The molecule has 0 amide bonds. The fourth-order valence-corrected chi connectivity index (χ4v) is 3.19. The molecule has 0 aromatic heterocycles. The second kappa shape index (κ2) is 8.49. The molecule has 0 saturated heterocycles. The molecule has 0 heterocycles. The summed E-state index contributed by atoms with van der Waals surface area (Å²) in [6.45, 7) is 12.2. The molecule has 0 radical (unpaired) electrons. The first kappa shape index (κ1) is 20.2. The van der Waals surface area contributed by atoms with Crippen molar-refractivity contribution in [3.8, 4) is 0 Å². The Bertz CT molecular complexity index is 690. The Morgan fingerprint density at radius 2 is 1.92 bits per heavy atom. The SMILES string of the molecule is CCCOC1(C)CC(=Nc2ccc(N(CC)C(C)C)cc2)C(=N)C=C1N. The van der Waals surface area contributed by atoms with Crippen LogP contribution in [0.3, 0.4) is 0 Å². The van der Waals surface area contributed by atoms with Crippen molar-refractivity contribution in [3.63, 3.8) is 0 Å². The lowest BCUT2D eigenvalue weighted by molar-refractivity contribution is 0.00102. The third-order valence-electron chi connectivity index (χ3n) is 4.76. The van der Waals surface area contributed by atoms with Gasteiger partial charge in [0.15, 0.2) is 0 Å². The van der Waals surface area contributed by atoms with Crippen LogP contribution in [0.1, 0.15) is 47.5 Å². The van der Waals surface area contributed by atoms with Crippen molar-refractivity contribution in [3.05, 3.63) is 36.0 Å². The van der Waals surface area contributed by atoms with Gasteiger partial charge in [-0.1, -0.05) is 6.92 Å². The van der Waals surface area contributed by atoms with Crippen LogP contribution < -0.4 is 10.6 Å². The summed E-state index contributed by atoms with van der Waals surface area (Å²) < 4.78 is 5.96. The Morgan fingerprint density at radius 1 is 1.27 bits per heavy atom. The molecule has 0 fully saturated rings. The molecule has 3 N–H and O–H groups in total. The molecule has 0 aliphatic heterocycles. The predicted molar refractivity (Wildman–Crippen MR) is 111 cm³/mol. The summed E-state index contributed by atoms with van der Waals surface area (Å²) in [6, 6.07) is 8.64. The van der Waals surface area contributed by atoms with Gasteiger partial charge in [-0.3, -0.25) is 10.4 Å². The monoisotopic (exact) mass is 356 g/mol. The Labute approximate surface area is 157 Å². The normalized spacial score (nSPS) is 22.0. The molecular formula is C21H32N4O. The lowest BCUT2D eigenvalue weighted by Crippen LogP contribution is -2.43. The summed E-state index contributed by atoms with van der Waals surface area (Å²) in [4.78, 5) is 7.03. The summed E-state index contributed by atoms with van der Waals surface area (Å²) >= 11 is 0. The summed E-state index contributed by atoms with van der Waals surface area (Å²) in [5.74, 6) is 0. The minimum absolute atomic E-state index is 0.363. The molecule has 1 aromatic rings. The number of anilines is 1. The zero-order valence-corrected chi connectivity index (χ0v) is 16.7. The maximum atomic E-state index is 8.22. The second-order valence-corrected chi connectivity index (χ2v) is 7.22. The highest BCUT2D eigenvalue weighted by Crippen LogP contribution is 2.29. The number of nitrogens with one attached hydrogen (secondary N) is 1. The maximum absolute atomic E-state index is 8.22. The number of nitrogens with zero attached hydrogens (tertiary/aromatic N) is 2. The molecule has 142 valence electrons. The molecule has 26 heavy (non-hydrogen) atoms. The van der Waals surface area contributed by atoms with Crippen LogP contribution in [0.5, 0.6) is 0 Å². The quantitative estimate of drug-likeness (QED) is 0.758. The highest BCUT2D eigenvalue weighted by Gasteiger charge is 2.35. The van der Waals surface area contributed by atoms with Crippen LogP contribution in [-0.4, -0.2) is 36.2 Å². The van der Waals surface area contributed by atoms with E-state index in [1.54, 1.807) is 6.08 Å². The minimum atomic E-state index is -0.587. The van der Waals surface area contributed by atoms with Gasteiger partial charge in [0.25, 0.3) is 0 Å². The van der Waals surface area contributed by atoms with Crippen LogP contribution in [0.25, 0.3) is 0 Å². The minimum Gasteiger partial charge on any atom is -0.400 e. The summed E-state index contributed by atoms with van der Waals surface area (Å²) in [7, 11) is 0. The number of nitrogens with two attached hydrogens (primary N) is 1. The van der Waals surface area contributed by atoms with E-state index in [4.69, 9.17) is 20.9 Å². The van der Waals surface area contributed by atoms with E-state index in [2.05, 4.69) is 44.7 Å². The van der Waals surface area contributed by atoms with Gasteiger partial charge >= 0.3 is 0 Å². The summed E-state index contributed by atoms with van der Waals surface area (Å²) in [5, 5.41) is 8.22. The summed E-state index contributed by atoms with van der Waals surface area (Å²) in [5.41, 5.74) is 9.25. The smallest absolute Gasteiger partial charge is 0.110 e. The second-order valence-electron chi connectivity index (χ2n) is 7.22. The number of ether oxygens (including phenoxy) is 1. The number of rotatable bonds is 7. The molecule has 1 aliphatic rings. The van der Waals surface area contributed by atoms with Crippen LogP contribution in [0.2, 0.25) is 0 Å². The first-order valence-electron chi connectivity index (χ1n) is 9.45. The third kappa shape index (κ3) is 4.52. The highest BCUT2D eigenvalue weighted by molar-refractivity contribution is 6.46. The van der Waals surface area contributed by atoms with Gasteiger partial charge in [-0.2, -0.15) is 0 Å². The van der Waals surface area contributed by atoms with Crippen molar-refractivity contribution in [1.82, 2.24) is 0 Å². The van der Waals surface area contributed by atoms with Gasteiger partial charge in [0.2, 0.25) is 0 Å².